The van der Waals surface area contributed by atoms with Gasteiger partial charge in [-0.3, -0.25) is 4.79 Å². The number of fused-ring (bicyclic) bond motifs is 1. The van der Waals surface area contributed by atoms with Crippen LogP contribution in [0.25, 0.3) is 10.8 Å². The lowest BCUT2D eigenvalue weighted by Crippen LogP contribution is -2.44. The molecular formula is C19H24N2O2. The quantitative estimate of drug-likeness (QED) is 0.833. The number of carbonyl (C=O) groups excluding carboxylic acids is 1. The van der Waals surface area contributed by atoms with Gasteiger partial charge in [-0.2, -0.15) is 0 Å². The Morgan fingerprint density at radius 3 is 2.74 bits per heavy atom. The Morgan fingerprint density at radius 1 is 1.17 bits per heavy atom. The van der Waals surface area contributed by atoms with Crippen LogP contribution in [0.3, 0.4) is 0 Å². The zero-order valence-electron chi connectivity index (χ0n) is 13.7. The predicted octanol–water partition coefficient (Wildman–Crippen LogP) is 2.72. The fourth-order valence-electron chi connectivity index (χ4n) is 3.13. The number of carbonyl (C=O) groups is 1. The van der Waals surface area contributed by atoms with Crippen LogP contribution >= 0.6 is 0 Å². The molecule has 0 aliphatic carbocycles. The molecule has 0 unspecified atom stereocenters. The Balaban J connectivity index is 1.83. The van der Waals surface area contributed by atoms with E-state index in [-0.39, 0.29) is 5.78 Å². The van der Waals surface area contributed by atoms with Crippen molar-refractivity contribution in [3.8, 4) is 5.75 Å². The van der Waals surface area contributed by atoms with Crippen LogP contribution in [0.5, 0.6) is 5.75 Å². The van der Waals surface area contributed by atoms with Crippen molar-refractivity contribution in [2.24, 2.45) is 0 Å². The van der Waals surface area contributed by atoms with E-state index >= 15 is 0 Å². The fourth-order valence-corrected chi connectivity index (χ4v) is 3.13. The van der Waals surface area contributed by atoms with Crippen molar-refractivity contribution in [3.05, 3.63) is 42.0 Å². The van der Waals surface area contributed by atoms with E-state index < -0.39 is 0 Å². The Hall–Kier alpha value is -1.91. The average Bonchev–Trinajstić information content (AvgIpc) is 2.60. The Morgan fingerprint density at radius 2 is 1.96 bits per heavy atom. The molecule has 1 aliphatic rings. The van der Waals surface area contributed by atoms with Crippen LogP contribution in [-0.4, -0.2) is 50.0 Å². The van der Waals surface area contributed by atoms with Gasteiger partial charge in [-0.15, -0.1) is 0 Å². The van der Waals surface area contributed by atoms with Gasteiger partial charge in [-0.1, -0.05) is 30.3 Å². The summed E-state index contributed by atoms with van der Waals surface area (Å²) in [5.74, 6) is 0.875. The largest absolute Gasteiger partial charge is 0.493 e. The monoisotopic (exact) mass is 312 g/mol. The van der Waals surface area contributed by atoms with Crippen LogP contribution in [0.4, 0.5) is 0 Å². The van der Waals surface area contributed by atoms with E-state index in [1.165, 1.54) is 0 Å². The molecule has 0 bridgehead atoms. The van der Waals surface area contributed by atoms with Gasteiger partial charge in [0.25, 0.3) is 0 Å². The fraction of sp³-hybridized carbons (Fsp3) is 0.421. The van der Waals surface area contributed by atoms with Crippen molar-refractivity contribution < 1.29 is 9.53 Å². The first-order valence-electron chi connectivity index (χ1n) is 8.40. The van der Waals surface area contributed by atoms with E-state index in [1.54, 1.807) is 0 Å². The number of ether oxygens (including phenoxy) is 1. The van der Waals surface area contributed by atoms with E-state index in [2.05, 4.69) is 10.2 Å². The minimum atomic E-state index is 0.170. The minimum Gasteiger partial charge on any atom is -0.493 e. The Bertz CT molecular complexity index is 678. The molecule has 1 heterocycles. The molecule has 1 saturated heterocycles. The average molecular weight is 312 g/mol. The van der Waals surface area contributed by atoms with Crippen molar-refractivity contribution >= 4 is 16.6 Å². The maximum atomic E-state index is 12.9. The van der Waals surface area contributed by atoms with Gasteiger partial charge in [0.1, 0.15) is 5.75 Å². The summed E-state index contributed by atoms with van der Waals surface area (Å²) in [6, 6.07) is 12.0. The second-order valence-electron chi connectivity index (χ2n) is 5.86. The second kappa shape index (κ2) is 7.57. The molecular weight excluding hydrogens is 288 g/mol. The van der Waals surface area contributed by atoms with Gasteiger partial charge in [0.2, 0.25) is 0 Å². The number of ketones is 1. The summed E-state index contributed by atoms with van der Waals surface area (Å²) in [4.78, 5) is 15.2. The second-order valence-corrected chi connectivity index (χ2v) is 5.86. The van der Waals surface area contributed by atoms with Gasteiger partial charge in [-0.25, -0.2) is 0 Å². The third-order valence-electron chi connectivity index (χ3n) is 4.33. The van der Waals surface area contributed by atoms with Gasteiger partial charge in [0.15, 0.2) is 5.78 Å². The van der Waals surface area contributed by atoms with E-state index in [1.807, 2.05) is 43.3 Å². The molecule has 2 aromatic rings. The number of Topliss-reactive ketones (excluding diaryl/α,β-unsaturated/α-hetero) is 1. The molecule has 2 aromatic carbocycles. The third kappa shape index (κ3) is 3.71. The molecule has 1 aliphatic heterocycles. The number of piperazine rings is 1. The number of nitrogens with zero attached hydrogens (tertiary/aromatic N) is 1. The summed E-state index contributed by atoms with van der Waals surface area (Å²) in [7, 11) is 0. The lowest BCUT2D eigenvalue weighted by atomic mass is 9.98. The van der Waals surface area contributed by atoms with E-state index in [9.17, 15) is 4.79 Å². The summed E-state index contributed by atoms with van der Waals surface area (Å²) in [6.45, 7) is 7.37. The molecule has 0 saturated carbocycles. The summed E-state index contributed by atoms with van der Waals surface area (Å²) in [5, 5.41) is 5.41. The van der Waals surface area contributed by atoms with E-state index in [4.69, 9.17) is 4.74 Å². The van der Waals surface area contributed by atoms with E-state index in [0.717, 1.165) is 49.1 Å². The van der Waals surface area contributed by atoms with Crippen molar-refractivity contribution in [1.29, 1.82) is 0 Å². The lowest BCUT2D eigenvalue weighted by molar-refractivity contribution is 0.0958. The molecule has 0 amide bonds. The highest BCUT2D eigenvalue weighted by Crippen LogP contribution is 2.29. The molecule has 1 fully saturated rings. The molecule has 122 valence electrons. The molecule has 0 aromatic heterocycles. The van der Waals surface area contributed by atoms with Gasteiger partial charge in [0.05, 0.1) is 12.2 Å². The highest BCUT2D eigenvalue weighted by Gasteiger charge is 2.18. The normalized spacial score (nSPS) is 15.7. The Kier molecular flexibility index (Phi) is 5.26. The van der Waals surface area contributed by atoms with Crippen LogP contribution < -0.4 is 10.1 Å². The number of hydrogen-bond donors (Lipinski definition) is 1. The van der Waals surface area contributed by atoms with Crippen LogP contribution in [0.15, 0.2) is 36.4 Å². The maximum absolute atomic E-state index is 12.9. The molecule has 3 rings (SSSR count). The smallest absolute Gasteiger partial charge is 0.168 e. The topological polar surface area (TPSA) is 41.6 Å². The van der Waals surface area contributed by atoms with Gasteiger partial charge < -0.3 is 15.0 Å². The van der Waals surface area contributed by atoms with Gasteiger partial charge in [-0.05, 0) is 23.8 Å². The molecule has 0 atom stereocenters. The van der Waals surface area contributed by atoms with Gasteiger partial charge >= 0.3 is 0 Å². The number of hydrogen-bond acceptors (Lipinski definition) is 4. The number of benzene rings is 2. The summed E-state index contributed by atoms with van der Waals surface area (Å²) in [5.41, 5.74) is 0.736. The van der Waals surface area contributed by atoms with Crippen LogP contribution in [0.2, 0.25) is 0 Å². The molecule has 0 radical (unpaired) electrons. The van der Waals surface area contributed by atoms with Crippen molar-refractivity contribution in [2.45, 2.75) is 13.3 Å². The standard InChI is InChI=1S/C19H24N2O2/c1-2-23-18-8-7-15-5-3-4-6-16(15)19(18)17(22)9-12-21-13-10-20-11-14-21/h3-8,20H,2,9-14H2,1H3. The Labute approximate surface area is 137 Å². The first-order chi connectivity index (χ1) is 11.3. The summed E-state index contributed by atoms with van der Waals surface area (Å²) >= 11 is 0. The SMILES string of the molecule is CCOc1ccc2ccccc2c1C(=O)CCN1CCNCC1. The predicted molar refractivity (Wildman–Crippen MR) is 93.4 cm³/mol. The van der Waals surface area contributed by atoms with Crippen LogP contribution in [0.1, 0.15) is 23.7 Å². The zero-order valence-corrected chi connectivity index (χ0v) is 13.7. The number of nitrogens with one attached hydrogen (secondary N) is 1. The summed E-state index contributed by atoms with van der Waals surface area (Å²) < 4.78 is 5.71. The maximum Gasteiger partial charge on any atom is 0.168 e. The van der Waals surface area contributed by atoms with Crippen molar-refractivity contribution in [1.82, 2.24) is 10.2 Å². The number of rotatable bonds is 6. The highest BCUT2D eigenvalue weighted by atomic mass is 16.5. The third-order valence-corrected chi connectivity index (χ3v) is 4.33. The molecule has 0 spiro atoms. The van der Waals surface area contributed by atoms with E-state index in [0.29, 0.717) is 18.8 Å². The summed E-state index contributed by atoms with van der Waals surface area (Å²) in [6.07, 6.45) is 0.536. The molecule has 4 heteroatoms. The zero-order chi connectivity index (χ0) is 16.1. The minimum absolute atomic E-state index is 0.170. The molecule has 23 heavy (non-hydrogen) atoms. The van der Waals surface area contributed by atoms with Crippen LogP contribution in [0, 0.1) is 0 Å². The van der Waals surface area contributed by atoms with Crippen molar-refractivity contribution in [3.63, 3.8) is 0 Å². The first-order valence-corrected chi connectivity index (χ1v) is 8.40. The lowest BCUT2D eigenvalue weighted by Gasteiger charge is -2.26. The first kappa shape index (κ1) is 16.0. The van der Waals surface area contributed by atoms with Crippen molar-refractivity contribution in [2.75, 3.05) is 39.3 Å². The molecule has 1 N–H and O–H groups in total. The van der Waals surface area contributed by atoms with Crippen LogP contribution in [-0.2, 0) is 0 Å². The van der Waals surface area contributed by atoms with Gasteiger partial charge in [0, 0.05) is 39.1 Å². The highest BCUT2D eigenvalue weighted by molar-refractivity contribution is 6.10. The molecule has 4 nitrogen and oxygen atoms in total.